The van der Waals surface area contributed by atoms with E-state index in [-0.39, 0.29) is 12.1 Å². The van der Waals surface area contributed by atoms with E-state index in [9.17, 15) is 18.0 Å². The summed E-state index contributed by atoms with van der Waals surface area (Å²) in [6.07, 6.45) is 1.08. The molecule has 28 heavy (non-hydrogen) atoms. The fraction of sp³-hybridized carbons (Fsp3) is 0.263. The second-order valence-electron chi connectivity index (χ2n) is 7.19. The van der Waals surface area contributed by atoms with Gasteiger partial charge in [-0.15, -0.1) is 0 Å². The van der Waals surface area contributed by atoms with Crippen LogP contribution in [0.4, 0.5) is 5.69 Å². The molecule has 0 radical (unpaired) electrons. The molecule has 0 amide bonds. The van der Waals surface area contributed by atoms with Gasteiger partial charge in [-0.1, -0.05) is 12.1 Å². The SMILES string of the molecule is CN(C)CCn1c(=O)c2cccc3c4cc(NS(C)(=O)=O)ccc4n(c1=O)c23. The van der Waals surface area contributed by atoms with Crippen molar-refractivity contribution in [1.29, 1.82) is 0 Å². The second-order valence-corrected chi connectivity index (χ2v) is 8.93. The molecule has 2 heterocycles. The Morgan fingerprint density at radius 2 is 1.75 bits per heavy atom. The molecule has 1 N–H and O–H groups in total. The van der Waals surface area contributed by atoms with Crippen molar-refractivity contribution in [2.24, 2.45) is 0 Å². The van der Waals surface area contributed by atoms with Crippen molar-refractivity contribution in [2.75, 3.05) is 31.6 Å². The molecule has 0 aliphatic rings. The molecule has 9 heteroatoms. The maximum atomic E-state index is 13.2. The van der Waals surface area contributed by atoms with Gasteiger partial charge in [-0.25, -0.2) is 13.2 Å². The molecule has 4 aromatic rings. The first-order valence-electron chi connectivity index (χ1n) is 8.73. The van der Waals surface area contributed by atoms with Gasteiger partial charge in [0.25, 0.3) is 5.56 Å². The maximum Gasteiger partial charge on any atom is 0.336 e. The second kappa shape index (κ2) is 6.32. The summed E-state index contributed by atoms with van der Waals surface area (Å²) in [6, 6.07) is 10.3. The number of sulfonamides is 1. The monoisotopic (exact) mass is 400 g/mol. The van der Waals surface area contributed by atoms with E-state index in [1.54, 1.807) is 34.7 Å². The van der Waals surface area contributed by atoms with E-state index >= 15 is 0 Å². The van der Waals surface area contributed by atoms with Crippen molar-refractivity contribution in [2.45, 2.75) is 6.54 Å². The van der Waals surface area contributed by atoms with Crippen molar-refractivity contribution in [3.63, 3.8) is 0 Å². The van der Waals surface area contributed by atoms with Crippen molar-refractivity contribution < 1.29 is 8.42 Å². The van der Waals surface area contributed by atoms with Gasteiger partial charge < -0.3 is 4.90 Å². The molecule has 0 saturated heterocycles. The van der Waals surface area contributed by atoms with Crippen LogP contribution in [0.2, 0.25) is 0 Å². The lowest BCUT2D eigenvalue weighted by atomic mass is 10.1. The Kier molecular flexibility index (Phi) is 4.16. The Hall–Kier alpha value is -2.91. The smallest absolute Gasteiger partial charge is 0.308 e. The summed E-state index contributed by atoms with van der Waals surface area (Å²) in [5, 5.41) is 1.91. The lowest BCUT2D eigenvalue weighted by molar-refractivity contribution is 0.376. The van der Waals surface area contributed by atoms with E-state index in [1.165, 1.54) is 4.57 Å². The minimum Gasteiger partial charge on any atom is -0.308 e. The summed E-state index contributed by atoms with van der Waals surface area (Å²) in [4.78, 5) is 28.0. The molecule has 4 rings (SSSR count). The zero-order valence-electron chi connectivity index (χ0n) is 15.8. The van der Waals surface area contributed by atoms with Crippen molar-refractivity contribution in [1.82, 2.24) is 13.9 Å². The van der Waals surface area contributed by atoms with Crippen molar-refractivity contribution in [3.05, 3.63) is 57.2 Å². The van der Waals surface area contributed by atoms with Crippen molar-refractivity contribution in [3.8, 4) is 0 Å². The number of hydrogen-bond acceptors (Lipinski definition) is 5. The van der Waals surface area contributed by atoms with E-state index in [1.807, 2.05) is 25.1 Å². The lowest BCUT2D eigenvalue weighted by Gasteiger charge is -2.12. The first-order valence-corrected chi connectivity index (χ1v) is 10.6. The number of para-hydroxylation sites is 1. The molecule has 146 valence electrons. The van der Waals surface area contributed by atoms with Gasteiger partial charge in [-0.05, 0) is 38.4 Å². The molecule has 8 nitrogen and oxygen atoms in total. The van der Waals surface area contributed by atoms with Crippen LogP contribution in [-0.2, 0) is 16.6 Å². The zero-order valence-corrected chi connectivity index (χ0v) is 16.6. The average Bonchev–Trinajstić information content (AvgIpc) is 2.93. The predicted molar refractivity (Wildman–Crippen MR) is 111 cm³/mol. The van der Waals surface area contributed by atoms with Crippen LogP contribution in [0.1, 0.15) is 0 Å². The Labute approximate surface area is 161 Å². The van der Waals surface area contributed by atoms with Gasteiger partial charge in [-0.3, -0.25) is 18.5 Å². The first-order chi connectivity index (χ1) is 13.2. The highest BCUT2D eigenvalue weighted by molar-refractivity contribution is 7.92. The highest BCUT2D eigenvalue weighted by atomic mass is 32.2. The molecule has 2 aromatic heterocycles. The summed E-state index contributed by atoms with van der Waals surface area (Å²) in [6.45, 7) is 0.846. The fourth-order valence-electron chi connectivity index (χ4n) is 3.57. The number of nitrogens with one attached hydrogen (secondary N) is 1. The first kappa shape index (κ1) is 18.5. The number of rotatable bonds is 5. The molecule has 2 aromatic carbocycles. The third-order valence-electron chi connectivity index (χ3n) is 4.76. The molecule has 0 atom stereocenters. The van der Waals surface area contributed by atoms with Crippen LogP contribution < -0.4 is 16.0 Å². The minimum absolute atomic E-state index is 0.286. The Balaban J connectivity index is 2.09. The van der Waals surface area contributed by atoms with E-state index in [0.717, 1.165) is 11.6 Å². The number of anilines is 1. The van der Waals surface area contributed by atoms with E-state index < -0.39 is 15.7 Å². The largest absolute Gasteiger partial charge is 0.336 e. The molecule has 0 unspecified atom stereocenters. The lowest BCUT2D eigenvalue weighted by Crippen LogP contribution is -2.39. The molecular formula is C19H20N4O4S. The highest BCUT2D eigenvalue weighted by Crippen LogP contribution is 2.31. The van der Waals surface area contributed by atoms with Gasteiger partial charge in [-0.2, -0.15) is 0 Å². The molecule has 0 spiro atoms. The van der Waals surface area contributed by atoms with Gasteiger partial charge in [0.1, 0.15) is 0 Å². The quantitative estimate of drug-likeness (QED) is 0.542. The Morgan fingerprint density at radius 1 is 1.04 bits per heavy atom. The zero-order chi connectivity index (χ0) is 20.2. The summed E-state index contributed by atoms with van der Waals surface area (Å²) >= 11 is 0. The molecule has 0 aliphatic carbocycles. The fourth-order valence-corrected chi connectivity index (χ4v) is 4.12. The third kappa shape index (κ3) is 2.92. The van der Waals surface area contributed by atoms with Crippen LogP contribution in [0.3, 0.4) is 0 Å². The van der Waals surface area contributed by atoms with Crippen LogP contribution in [-0.4, -0.2) is 49.2 Å². The van der Waals surface area contributed by atoms with Gasteiger partial charge >= 0.3 is 5.69 Å². The molecule has 0 aliphatic heterocycles. The number of benzene rings is 2. The number of aromatic nitrogens is 2. The van der Waals surface area contributed by atoms with Crippen LogP contribution in [0.5, 0.6) is 0 Å². The highest BCUT2D eigenvalue weighted by Gasteiger charge is 2.19. The Morgan fingerprint density at radius 3 is 2.43 bits per heavy atom. The summed E-state index contributed by atoms with van der Waals surface area (Å²) in [5.74, 6) is 0. The normalized spacial score (nSPS) is 12.6. The van der Waals surface area contributed by atoms with E-state index in [4.69, 9.17) is 0 Å². The minimum atomic E-state index is -3.43. The van der Waals surface area contributed by atoms with Crippen LogP contribution in [0, 0.1) is 0 Å². The van der Waals surface area contributed by atoms with Gasteiger partial charge in [0, 0.05) is 29.5 Å². The van der Waals surface area contributed by atoms with Crippen LogP contribution in [0.15, 0.2) is 46.0 Å². The van der Waals surface area contributed by atoms with Crippen LogP contribution >= 0.6 is 0 Å². The van der Waals surface area contributed by atoms with Crippen molar-refractivity contribution >= 4 is 42.9 Å². The number of fused-ring (bicyclic) bond motifs is 3. The summed E-state index contributed by atoms with van der Waals surface area (Å²) in [5.41, 5.74) is 0.887. The number of likely N-dealkylation sites (N-methyl/N-ethyl adjacent to an activating group) is 1. The Bertz CT molecular complexity index is 1430. The maximum absolute atomic E-state index is 13.2. The summed E-state index contributed by atoms with van der Waals surface area (Å²) < 4.78 is 28.4. The van der Waals surface area contributed by atoms with Gasteiger partial charge in [0.2, 0.25) is 10.0 Å². The average molecular weight is 400 g/mol. The topological polar surface area (TPSA) is 92.9 Å². The van der Waals surface area contributed by atoms with E-state index in [2.05, 4.69) is 4.72 Å². The summed E-state index contributed by atoms with van der Waals surface area (Å²) in [7, 11) is 0.334. The predicted octanol–water partition coefficient (Wildman–Crippen LogP) is 1.14. The molecule has 0 fully saturated rings. The standard InChI is InChI=1S/C19H20N4O4S/c1-21(2)9-10-22-18(24)14-6-4-5-13-15-11-12(20-28(3,26)27)7-8-16(15)23(17(13)14)19(22)25/h4-8,11,20H,9-10H2,1-3H3. The molecule has 0 bridgehead atoms. The van der Waals surface area contributed by atoms with E-state index in [0.29, 0.717) is 34.0 Å². The molecule has 0 saturated carbocycles. The van der Waals surface area contributed by atoms with Gasteiger partial charge in [0.15, 0.2) is 0 Å². The third-order valence-corrected chi connectivity index (χ3v) is 5.37. The van der Waals surface area contributed by atoms with Gasteiger partial charge in [0.05, 0.1) is 22.7 Å². The van der Waals surface area contributed by atoms with Crippen LogP contribution in [0.25, 0.3) is 27.2 Å². The molecular weight excluding hydrogens is 380 g/mol. The number of hydrogen-bond donors (Lipinski definition) is 1. The number of nitrogens with zero attached hydrogens (tertiary/aromatic N) is 3.